The number of anilines is 2. The van der Waals surface area contributed by atoms with Crippen LogP contribution < -0.4 is 9.80 Å². The average molecular weight is 504 g/mol. The van der Waals surface area contributed by atoms with Gasteiger partial charge in [-0.15, -0.1) is 0 Å². The molecule has 2 aromatic rings. The predicted molar refractivity (Wildman–Crippen MR) is 136 cm³/mol. The molecule has 2 aromatic heterocycles. The summed E-state index contributed by atoms with van der Waals surface area (Å²) >= 11 is 8.21. The second-order valence-electron chi connectivity index (χ2n) is 10.7. The molecule has 3 saturated heterocycles. The number of piperidine rings is 1. The van der Waals surface area contributed by atoms with E-state index in [1.165, 1.54) is 11.8 Å². The van der Waals surface area contributed by atoms with E-state index in [1.807, 2.05) is 32.3 Å². The maximum absolute atomic E-state index is 10.2. The van der Waals surface area contributed by atoms with Crippen LogP contribution in [0.2, 0.25) is 5.02 Å². The molecule has 1 spiro atoms. The van der Waals surface area contributed by atoms with E-state index in [9.17, 15) is 5.11 Å². The summed E-state index contributed by atoms with van der Waals surface area (Å²) in [7, 11) is 0. The number of aromatic nitrogens is 3. The van der Waals surface area contributed by atoms with Gasteiger partial charge in [-0.1, -0.05) is 30.3 Å². The largest absolute Gasteiger partial charge is 0.390 e. The Bertz CT molecular complexity index is 1020. The van der Waals surface area contributed by atoms with Gasteiger partial charge in [0.1, 0.15) is 16.7 Å². The van der Waals surface area contributed by atoms with Crippen LogP contribution in [0.4, 0.5) is 11.6 Å². The van der Waals surface area contributed by atoms with Crippen LogP contribution in [-0.2, 0) is 4.74 Å². The molecule has 5 rings (SSSR count). The van der Waals surface area contributed by atoms with E-state index in [2.05, 4.69) is 33.6 Å². The Morgan fingerprint density at radius 3 is 2.44 bits per heavy atom. The molecule has 3 aliphatic heterocycles. The third kappa shape index (κ3) is 4.50. The van der Waals surface area contributed by atoms with E-state index in [0.29, 0.717) is 22.5 Å². The highest BCUT2D eigenvalue weighted by Crippen LogP contribution is 2.46. The summed E-state index contributed by atoms with van der Waals surface area (Å²) in [5.74, 6) is 2.52. The number of hydrogen-bond donors (Lipinski definition) is 1. The van der Waals surface area contributed by atoms with Crippen molar-refractivity contribution in [2.45, 2.75) is 62.2 Å². The van der Waals surface area contributed by atoms with Gasteiger partial charge in [0.25, 0.3) is 0 Å². The summed E-state index contributed by atoms with van der Waals surface area (Å²) in [6, 6.07) is 1.91. The summed E-state index contributed by atoms with van der Waals surface area (Å²) in [6.07, 6.45) is 8.11. The lowest BCUT2D eigenvalue weighted by atomic mass is 9.70. The first-order valence-electron chi connectivity index (χ1n) is 12.1. The second-order valence-corrected chi connectivity index (χ2v) is 12.1. The van der Waals surface area contributed by atoms with Crippen molar-refractivity contribution in [2.75, 3.05) is 42.6 Å². The number of halogens is 1. The first-order valence-corrected chi connectivity index (χ1v) is 13.3. The van der Waals surface area contributed by atoms with Crippen LogP contribution in [0.3, 0.4) is 0 Å². The Balaban J connectivity index is 1.21. The molecule has 34 heavy (non-hydrogen) atoms. The van der Waals surface area contributed by atoms with Gasteiger partial charge < -0.3 is 19.6 Å². The van der Waals surface area contributed by atoms with Crippen molar-refractivity contribution < 1.29 is 9.84 Å². The molecule has 3 fully saturated rings. The van der Waals surface area contributed by atoms with Gasteiger partial charge in [-0.25, -0.2) is 15.0 Å². The first kappa shape index (κ1) is 24.1. The van der Waals surface area contributed by atoms with Crippen LogP contribution in [0.25, 0.3) is 0 Å². The van der Waals surface area contributed by atoms with E-state index in [4.69, 9.17) is 21.3 Å². The summed E-state index contributed by atoms with van der Waals surface area (Å²) in [6.45, 7) is 12.6. The third-order valence-electron chi connectivity index (χ3n) is 8.23. The molecule has 1 N–H and O–H groups in total. The Labute approximate surface area is 211 Å². The lowest BCUT2D eigenvalue weighted by Crippen LogP contribution is -2.56. The van der Waals surface area contributed by atoms with E-state index < -0.39 is 5.60 Å². The van der Waals surface area contributed by atoms with E-state index in [0.717, 1.165) is 67.2 Å². The van der Waals surface area contributed by atoms with Crippen molar-refractivity contribution in [2.24, 2.45) is 17.3 Å². The first-order chi connectivity index (χ1) is 16.2. The molecule has 7 nitrogen and oxygen atoms in total. The molecular formula is C25H34ClN5O2S. The van der Waals surface area contributed by atoms with Crippen LogP contribution in [0.15, 0.2) is 34.6 Å². The molecule has 0 amide bonds. The Morgan fingerprint density at radius 2 is 1.85 bits per heavy atom. The van der Waals surface area contributed by atoms with Gasteiger partial charge in [-0.05, 0) is 45.6 Å². The van der Waals surface area contributed by atoms with Gasteiger partial charge in [0.2, 0.25) is 0 Å². The highest BCUT2D eigenvalue weighted by Gasteiger charge is 2.47. The number of ether oxygens (including phenoxy) is 1. The predicted octanol–water partition coefficient (Wildman–Crippen LogP) is 4.52. The normalized spacial score (nSPS) is 25.1. The van der Waals surface area contributed by atoms with Crippen LogP contribution in [0, 0.1) is 17.3 Å². The van der Waals surface area contributed by atoms with Gasteiger partial charge >= 0.3 is 0 Å². The van der Waals surface area contributed by atoms with Gasteiger partial charge in [0.05, 0.1) is 35.7 Å². The Hall–Kier alpha value is -1.61. The molecule has 0 unspecified atom stereocenters. The number of pyridine rings is 1. The smallest absolute Gasteiger partial charge is 0.148 e. The monoisotopic (exact) mass is 503 g/mol. The molecule has 9 heteroatoms. The van der Waals surface area contributed by atoms with Crippen LogP contribution in [0.5, 0.6) is 0 Å². The zero-order valence-corrected chi connectivity index (χ0v) is 21.9. The summed E-state index contributed by atoms with van der Waals surface area (Å²) in [5, 5.41) is 11.6. The van der Waals surface area contributed by atoms with Crippen molar-refractivity contribution >= 4 is 35.0 Å². The highest BCUT2D eigenvalue weighted by atomic mass is 35.5. The number of hydrogen-bond acceptors (Lipinski definition) is 8. The maximum Gasteiger partial charge on any atom is 0.148 e. The number of nitrogens with zero attached hydrogens (tertiary/aromatic N) is 5. The number of rotatable bonds is 5. The zero-order chi connectivity index (χ0) is 24.1. The van der Waals surface area contributed by atoms with Crippen molar-refractivity contribution in [3.63, 3.8) is 0 Å². The molecule has 3 aliphatic rings. The van der Waals surface area contributed by atoms with Crippen LogP contribution in [0.1, 0.15) is 40.5 Å². The molecule has 0 radical (unpaired) electrons. The molecule has 0 aromatic carbocycles. The Kier molecular flexibility index (Phi) is 6.46. The molecular weight excluding hydrogens is 470 g/mol. The van der Waals surface area contributed by atoms with Crippen molar-refractivity contribution in [3.8, 4) is 0 Å². The van der Waals surface area contributed by atoms with Crippen molar-refractivity contribution in [1.29, 1.82) is 0 Å². The van der Waals surface area contributed by atoms with Gasteiger partial charge in [0.15, 0.2) is 0 Å². The molecule has 0 aliphatic carbocycles. The molecule has 0 bridgehead atoms. The highest BCUT2D eigenvalue weighted by molar-refractivity contribution is 7.99. The van der Waals surface area contributed by atoms with E-state index >= 15 is 0 Å². The van der Waals surface area contributed by atoms with Gasteiger partial charge in [-0.2, -0.15) is 0 Å². The average Bonchev–Trinajstić information content (AvgIpc) is 3.04. The topological polar surface area (TPSA) is 74.6 Å². The SMILES string of the molecule is C[C@@H]1OCC2(CCN(c3cnc(Sc4ccnc(N5CC(C(C)(C)O)C5)c4Cl)cn3)CC2)[C@@H]1C. The summed E-state index contributed by atoms with van der Waals surface area (Å²) < 4.78 is 5.96. The fourth-order valence-electron chi connectivity index (χ4n) is 5.30. The molecule has 0 saturated carbocycles. The van der Waals surface area contributed by atoms with Crippen molar-refractivity contribution in [3.05, 3.63) is 29.7 Å². The lowest BCUT2D eigenvalue weighted by Gasteiger charge is -2.46. The molecule has 184 valence electrons. The minimum absolute atomic E-state index is 0.220. The van der Waals surface area contributed by atoms with Gasteiger partial charge in [0, 0.05) is 48.6 Å². The summed E-state index contributed by atoms with van der Waals surface area (Å²) in [5.41, 5.74) is -0.374. The molecule has 5 heterocycles. The maximum atomic E-state index is 10.2. The second kappa shape index (κ2) is 9.12. The lowest BCUT2D eigenvalue weighted by molar-refractivity contribution is 0.00438. The van der Waals surface area contributed by atoms with Crippen molar-refractivity contribution in [1.82, 2.24) is 15.0 Å². The van der Waals surface area contributed by atoms with Gasteiger partial charge in [-0.3, -0.25) is 0 Å². The van der Waals surface area contributed by atoms with Crippen LogP contribution in [-0.4, -0.2) is 64.5 Å². The Morgan fingerprint density at radius 1 is 1.12 bits per heavy atom. The number of aliphatic hydroxyl groups is 1. The van der Waals surface area contributed by atoms with E-state index in [-0.39, 0.29) is 5.92 Å². The minimum atomic E-state index is -0.691. The fourth-order valence-corrected chi connectivity index (χ4v) is 6.40. The third-order valence-corrected chi connectivity index (χ3v) is 9.70. The quantitative estimate of drug-likeness (QED) is 0.638. The molecule has 2 atom stereocenters. The van der Waals surface area contributed by atoms with E-state index in [1.54, 1.807) is 6.20 Å². The zero-order valence-electron chi connectivity index (χ0n) is 20.4. The summed E-state index contributed by atoms with van der Waals surface area (Å²) in [4.78, 5) is 19.2. The fraction of sp³-hybridized carbons (Fsp3) is 0.640. The van der Waals surface area contributed by atoms with Crippen LogP contribution >= 0.6 is 23.4 Å². The standard InChI is InChI=1S/C25H34ClN5O2S/c1-16-17(2)33-15-25(16)6-9-30(10-7-25)20-11-29-21(12-28-20)34-19-5-8-27-23(22(19)26)31-13-18(14-31)24(3,4)32/h5,8,11-12,16-18,32H,6-7,9-10,13-15H2,1-4H3/t16-,17+/m1/s1. The minimum Gasteiger partial charge on any atom is -0.390 e.